The first kappa shape index (κ1) is 23.0. The fourth-order valence-electron chi connectivity index (χ4n) is 2.84. The molecule has 1 atom stereocenters. The van der Waals surface area contributed by atoms with Crippen LogP contribution in [0.1, 0.15) is 98.3 Å². The molecule has 0 nitrogen and oxygen atoms in total. The maximum atomic E-state index is 6.10. The van der Waals surface area contributed by atoms with Crippen LogP contribution in [0.5, 0.6) is 0 Å². The lowest BCUT2D eigenvalue weighted by atomic mass is 9.90. The Bertz CT molecular complexity index is 209. The maximum Gasteiger partial charge on any atom is 0.0234 e. The van der Waals surface area contributed by atoms with Gasteiger partial charge in [0, 0.05) is 16.4 Å². The smallest absolute Gasteiger partial charge is 0.0234 e. The Morgan fingerprint density at radius 1 is 0.727 bits per heavy atom. The average Bonchev–Trinajstić information content (AvgIpc) is 2.50. The minimum Gasteiger partial charge on any atom is -0.127 e. The molecule has 0 aromatic heterocycles. The Hall–Kier alpha value is 0.990. The van der Waals surface area contributed by atoms with Gasteiger partial charge in [-0.2, -0.15) is 0 Å². The van der Waals surface area contributed by atoms with Gasteiger partial charge in [-0.3, -0.25) is 0 Å². The van der Waals surface area contributed by atoms with Gasteiger partial charge in [0.1, 0.15) is 0 Å². The van der Waals surface area contributed by atoms with Gasteiger partial charge < -0.3 is 0 Å². The maximum absolute atomic E-state index is 6.10. The van der Waals surface area contributed by atoms with Crippen LogP contribution in [0.2, 0.25) is 0 Å². The van der Waals surface area contributed by atoms with E-state index in [9.17, 15) is 0 Å². The fraction of sp³-hybridized carbons (Fsp3) is 1.00. The highest BCUT2D eigenvalue weighted by molar-refractivity contribution is 8.77. The molecule has 0 aromatic rings. The van der Waals surface area contributed by atoms with E-state index >= 15 is 0 Å². The number of hydrogen-bond donors (Lipinski definition) is 0. The van der Waals surface area contributed by atoms with Crippen molar-refractivity contribution in [3.05, 3.63) is 0 Å². The molecule has 0 saturated carbocycles. The van der Waals surface area contributed by atoms with Crippen LogP contribution in [-0.2, 0) is 0 Å². The summed E-state index contributed by atoms with van der Waals surface area (Å²) < 4.78 is 0. The first-order valence-electron chi connectivity index (χ1n) is 9.53. The standard InChI is InChI=1S/C19H39ClS2/c1-5-7-9-11-13-18(14-12-10-8-6-2)19(15-16-20)22-21-17(3)4/h17-19H,5-16H2,1-4H3/t19-/m1/s1. The SMILES string of the molecule is CCCCCCC(CCCCCC)[C@@H](CCCl)SSC(C)C. The minimum atomic E-state index is 0.712. The zero-order chi connectivity index (χ0) is 16.6. The summed E-state index contributed by atoms with van der Waals surface area (Å²) in [4.78, 5) is 0. The molecule has 0 fully saturated rings. The van der Waals surface area contributed by atoms with Crippen LogP contribution in [0.4, 0.5) is 0 Å². The number of halogens is 1. The third-order valence-corrected chi connectivity index (χ3v) is 7.96. The highest BCUT2D eigenvalue weighted by atomic mass is 35.5. The molecule has 0 N–H and O–H groups in total. The van der Waals surface area contributed by atoms with Crippen LogP contribution in [0, 0.1) is 5.92 Å². The minimum absolute atomic E-state index is 0.712. The molecule has 0 aromatic carbocycles. The summed E-state index contributed by atoms with van der Waals surface area (Å²) in [6.07, 6.45) is 15.1. The molecule has 0 spiro atoms. The summed E-state index contributed by atoms with van der Waals surface area (Å²) in [5, 5.41) is 1.47. The zero-order valence-corrected chi connectivity index (χ0v) is 17.8. The predicted octanol–water partition coefficient (Wildman–Crippen LogP) is 8.33. The largest absolute Gasteiger partial charge is 0.127 e. The molecule has 0 saturated heterocycles. The fourth-order valence-corrected chi connectivity index (χ4v) is 6.06. The van der Waals surface area contributed by atoms with Crippen LogP contribution in [-0.4, -0.2) is 16.4 Å². The van der Waals surface area contributed by atoms with Crippen molar-refractivity contribution in [1.82, 2.24) is 0 Å². The molecule has 3 heteroatoms. The van der Waals surface area contributed by atoms with Gasteiger partial charge in [-0.15, -0.1) is 11.6 Å². The summed E-state index contributed by atoms with van der Waals surface area (Å²) in [5.74, 6) is 1.69. The topological polar surface area (TPSA) is 0 Å². The van der Waals surface area contributed by atoms with E-state index in [2.05, 4.69) is 49.3 Å². The molecular formula is C19H39ClS2. The molecule has 134 valence electrons. The number of rotatable bonds is 16. The van der Waals surface area contributed by atoms with E-state index in [-0.39, 0.29) is 0 Å². The Morgan fingerprint density at radius 3 is 1.68 bits per heavy atom. The van der Waals surface area contributed by atoms with Gasteiger partial charge in [0.05, 0.1) is 0 Å². The van der Waals surface area contributed by atoms with Crippen molar-refractivity contribution >= 4 is 33.2 Å². The van der Waals surface area contributed by atoms with Gasteiger partial charge in [0.25, 0.3) is 0 Å². The van der Waals surface area contributed by atoms with Crippen molar-refractivity contribution in [2.45, 2.75) is 109 Å². The Kier molecular flexibility index (Phi) is 17.6. The summed E-state index contributed by atoms with van der Waals surface area (Å²) in [7, 11) is 4.18. The van der Waals surface area contributed by atoms with E-state index in [0.29, 0.717) is 5.25 Å². The summed E-state index contributed by atoms with van der Waals surface area (Å²) in [5.41, 5.74) is 0. The summed E-state index contributed by atoms with van der Waals surface area (Å²) in [6.45, 7) is 9.20. The van der Waals surface area contributed by atoms with E-state index in [1.165, 1.54) is 70.6 Å². The quantitative estimate of drug-likeness (QED) is 0.153. The highest BCUT2D eigenvalue weighted by Gasteiger charge is 2.22. The van der Waals surface area contributed by atoms with Crippen LogP contribution in [0.15, 0.2) is 0 Å². The van der Waals surface area contributed by atoms with E-state index in [4.69, 9.17) is 11.6 Å². The lowest BCUT2D eigenvalue weighted by Crippen LogP contribution is -2.18. The molecule has 0 unspecified atom stereocenters. The van der Waals surface area contributed by atoms with Crippen molar-refractivity contribution in [3.8, 4) is 0 Å². The van der Waals surface area contributed by atoms with Gasteiger partial charge in [-0.05, 0) is 25.2 Å². The van der Waals surface area contributed by atoms with Gasteiger partial charge in [-0.25, -0.2) is 0 Å². The van der Waals surface area contributed by atoms with Crippen molar-refractivity contribution in [2.24, 2.45) is 5.92 Å². The number of alkyl halides is 1. The van der Waals surface area contributed by atoms with E-state index in [0.717, 1.165) is 17.0 Å². The van der Waals surface area contributed by atoms with Crippen LogP contribution in [0.3, 0.4) is 0 Å². The second kappa shape index (κ2) is 16.8. The van der Waals surface area contributed by atoms with Crippen LogP contribution in [0.25, 0.3) is 0 Å². The van der Waals surface area contributed by atoms with E-state index < -0.39 is 0 Å². The first-order chi connectivity index (χ1) is 10.7. The monoisotopic (exact) mass is 366 g/mol. The van der Waals surface area contributed by atoms with E-state index in [1.54, 1.807) is 0 Å². The molecular weight excluding hydrogens is 328 g/mol. The molecule has 0 aliphatic carbocycles. The lowest BCUT2D eigenvalue weighted by molar-refractivity contribution is 0.390. The molecule has 0 rings (SSSR count). The van der Waals surface area contributed by atoms with Crippen LogP contribution < -0.4 is 0 Å². The Balaban J connectivity index is 4.36. The van der Waals surface area contributed by atoms with Gasteiger partial charge in [-0.1, -0.05) is 101 Å². The van der Waals surface area contributed by atoms with Gasteiger partial charge in [0.2, 0.25) is 0 Å². The van der Waals surface area contributed by atoms with Gasteiger partial charge in [0.15, 0.2) is 0 Å². The highest BCUT2D eigenvalue weighted by Crippen LogP contribution is 2.40. The van der Waals surface area contributed by atoms with Crippen molar-refractivity contribution in [2.75, 3.05) is 5.88 Å². The molecule has 0 radical (unpaired) electrons. The third kappa shape index (κ3) is 13.4. The second-order valence-electron chi connectivity index (χ2n) is 6.72. The van der Waals surface area contributed by atoms with Crippen molar-refractivity contribution in [3.63, 3.8) is 0 Å². The number of hydrogen-bond acceptors (Lipinski definition) is 2. The second-order valence-corrected chi connectivity index (χ2v) is 10.2. The predicted molar refractivity (Wildman–Crippen MR) is 110 cm³/mol. The molecule has 0 heterocycles. The average molecular weight is 367 g/mol. The summed E-state index contributed by atoms with van der Waals surface area (Å²) >= 11 is 6.10. The Labute approximate surface area is 153 Å². The molecule has 0 amide bonds. The van der Waals surface area contributed by atoms with Crippen molar-refractivity contribution in [1.29, 1.82) is 0 Å². The summed E-state index contributed by atoms with van der Waals surface area (Å²) in [6, 6.07) is 0. The van der Waals surface area contributed by atoms with Crippen molar-refractivity contribution < 1.29 is 0 Å². The third-order valence-electron chi connectivity index (χ3n) is 4.15. The molecule has 0 aliphatic heterocycles. The lowest BCUT2D eigenvalue weighted by Gasteiger charge is -2.27. The molecule has 22 heavy (non-hydrogen) atoms. The Morgan fingerprint density at radius 2 is 1.27 bits per heavy atom. The van der Waals surface area contributed by atoms with Crippen LogP contribution >= 0.6 is 33.2 Å². The van der Waals surface area contributed by atoms with Gasteiger partial charge >= 0.3 is 0 Å². The zero-order valence-electron chi connectivity index (χ0n) is 15.4. The normalized spacial score (nSPS) is 13.2. The molecule has 0 aliphatic rings. The first-order valence-corrected chi connectivity index (χ1v) is 12.3. The van der Waals surface area contributed by atoms with E-state index in [1.807, 2.05) is 0 Å². The molecule has 0 bridgehead atoms. The number of unbranched alkanes of at least 4 members (excludes halogenated alkanes) is 6.